The van der Waals surface area contributed by atoms with E-state index < -0.39 is 11.3 Å². The zero-order valence-corrected chi connectivity index (χ0v) is 27.8. The molecule has 5 N–H and O–H groups in total. The van der Waals surface area contributed by atoms with Gasteiger partial charge in [0.1, 0.15) is 17.4 Å². The first-order valence-electron chi connectivity index (χ1n) is 17.4. The molecule has 252 valence electrons. The van der Waals surface area contributed by atoms with Crippen LogP contribution in [-0.4, -0.2) is 45.5 Å². The van der Waals surface area contributed by atoms with Crippen molar-refractivity contribution in [2.75, 3.05) is 19.5 Å². The number of aliphatic hydroxyl groups excluding tert-OH is 1. The molecule has 1 saturated carbocycles. The molecule has 2 atom stereocenters. The number of pyridine rings is 1. The van der Waals surface area contributed by atoms with Gasteiger partial charge in [0.2, 0.25) is 0 Å². The molecule has 47 heavy (non-hydrogen) atoms. The number of methoxy groups -OCH3 is 1. The minimum Gasteiger partial charge on any atom is -0.504 e. The Morgan fingerprint density at radius 3 is 2.57 bits per heavy atom. The molecule has 2 aliphatic rings. The summed E-state index contributed by atoms with van der Waals surface area (Å²) in [5.74, 6) is 0.974. The highest BCUT2D eigenvalue weighted by Crippen LogP contribution is 2.53. The summed E-state index contributed by atoms with van der Waals surface area (Å²) in [6.07, 6.45) is 21.4. The summed E-state index contributed by atoms with van der Waals surface area (Å²) in [5, 5.41) is 22.5. The normalized spacial score (nSPS) is 19.4. The van der Waals surface area contributed by atoms with Gasteiger partial charge >= 0.3 is 0 Å². The van der Waals surface area contributed by atoms with Crippen LogP contribution in [0.25, 0.3) is 6.08 Å². The number of hydrogen-bond donors (Lipinski definition) is 4. The highest BCUT2D eigenvalue weighted by atomic mass is 16.5. The highest BCUT2D eigenvalue weighted by molar-refractivity contribution is 5.99. The fourth-order valence-electron chi connectivity index (χ4n) is 7.74. The van der Waals surface area contributed by atoms with Crippen LogP contribution in [0, 0.1) is 11.3 Å². The quantitative estimate of drug-likeness (QED) is 0.0886. The number of nitrogens with two attached hydrogens (primary N) is 1. The Morgan fingerprint density at radius 1 is 1.04 bits per heavy atom. The third kappa shape index (κ3) is 8.52. The van der Waals surface area contributed by atoms with Gasteiger partial charge in [-0.15, -0.1) is 0 Å². The number of ketones is 2. The molecule has 1 aromatic carbocycles. The zero-order valence-electron chi connectivity index (χ0n) is 27.8. The second-order valence-corrected chi connectivity index (χ2v) is 13.7. The van der Waals surface area contributed by atoms with E-state index in [1.807, 2.05) is 42.6 Å². The van der Waals surface area contributed by atoms with E-state index in [1.54, 1.807) is 12.3 Å². The number of fused-ring (bicyclic) bond motifs is 1. The van der Waals surface area contributed by atoms with Gasteiger partial charge in [0, 0.05) is 53.4 Å². The van der Waals surface area contributed by atoms with E-state index in [1.165, 1.54) is 52.1 Å². The van der Waals surface area contributed by atoms with Crippen LogP contribution in [-0.2, 0) is 22.4 Å². The lowest BCUT2D eigenvalue weighted by atomic mass is 9.63. The number of phenolic OH excluding ortho intramolecular Hbond substituents is 1. The smallest absolute Gasteiger partial charge is 0.161 e. The summed E-state index contributed by atoms with van der Waals surface area (Å²) in [7, 11) is 1.50. The molecule has 5 rings (SSSR count). The molecular weight excluding hydrogens is 590 g/mol. The number of nitrogens with one attached hydrogen (secondary N) is 1. The van der Waals surface area contributed by atoms with Crippen molar-refractivity contribution in [3.63, 3.8) is 0 Å². The van der Waals surface area contributed by atoms with Crippen molar-refractivity contribution in [1.82, 2.24) is 9.97 Å². The van der Waals surface area contributed by atoms with Gasteiger partial charge in [-0.3, -0.25) is 9.59 Å². The van der Waals surface area contributed by atoms with Crippen LogP contribution in [0.5, 0.6) is 11.5 Å². The lowest BCUT2D eigenvalue weighted by Gasteiger charge is -2.41. The van der Waals surface area contributed by atoms with E-state index >= 15 is 0 Å². The maximum atomic E-state index is 12.9. The van der Waals surface area contributed by atoms with Crippen molar-refractivity contribution < 1.29 is 24.5 Å². The number of aromatic amines is 1. The summed E-state index contributed by atoms with van der Waals surface area (Å²) in [6, 6.07) is 9.40. The van der Waals surface area contributed by atoms with Crippen molar-refractivity contribution in [3.05, 3.63) is 76.7 Å². The van der Waals surface area contributed by atoms with Gasteiger partial charge in [-0.1, -0.05) is 76.0 Å². The highest BCUT2D eigenvalue weighted by Gasteiger charge is 2.44. The molecule has 0 amide bonds. The van der Waals surface area contributed by atoms with Crippen molar-refractivity contribution in [1.29, 1.82) is 0 Å². The minimum absolute atomic E-state index is 0.0140. The van der Waals surface area contributed by atoms with E-state index in [0.29, 0.717) is 30.6 Å². The molecule has 0 bridgehead atoms. The second-order valence-electron chi connectivity index (χ2n) is 13.7. The number of benzene rings is 1. The number of carbonyl (C=O) groups is 2. The lowest BCUT2D eigenvalue weighted by molar-refractivity contribution is -0.127. The van der Waals surface area contributed by atoms with Gasteiger partial charge in [0.25, 0.3) is 0 Å². The Balaban J connectivity index is 1.25. The summed E-state index contributed by atoms with van der Waals surface area (Å²) < 4.78 is 5.60. The molecular formula is C39H51N3O5. The van der Waals surface area contributed by atoms with Crippen molar-refractivity contribution in [3.8, 4) is 11.5 Å². The average molecular weight is 642 g/mol. The number of nitrogens with zero attached hydrogens (tertiary/aromatic N) is 1. The number of aromatic nitrogens is 2. The van der Waals surface area contributed by atoms with Crippen LogP contribution in [0.4, 0.5) is 5.82 Å². The number of aryl methyl sites for hydroxylation is 1. The fraction of sp³-hybridized carbons (Fsp3) is 0.513. The Hall–Kier alpha value is -3.91. The molecule has 1 fully saturated rings. The van der Waals surface area contributed by atoms with E-state index in [9.17, 15) is 19.8 Å². The molecule has 8 nitrogen and oxygen atoms in total. The lowest BCUT2D eigenvalue weighted by Crippen LogP contribution is -2.36. The summed E-state index contributed by atoms with van der Waals surface area (Å²) in [5.41, 5.74) is 9.38. The molecule has 3 aromatic rings. The summed E-state index contributed by atoms with van der Waals surface area (Å²) >= 11 is 0. The maximum Gasteiger partial charge on any atom is 0.161 e. The average Bonchev–Trinajstić information content (AvgIpc) is 3.59. The first-order chi connectivity index (χ1) is 22.8. The van der Waals surface area contributed by atoms with E-state index in [4.69, 9.17) is 10.5 Å². The molecule has 0 aliphatic heterocycles. The molecule has 0 saturated heterocycles. The molecule has 0 spiro atoms. The number of hydrogen-bond acceptors (Lipinski definition) is 7. The molecule has 2 aliphatic carbocycles. The van der Waals surface area contributed by atoms with Crippen molar-refractivity contribution in [2.24, 2.45) is 11.3 Å². The summed E-state index contributed by atoms with van der Waals surface area (Å²) in [6.45, 7) is -0.193. The number of unbranched alkanes of at least 4 members (excludes halogenated alkanes) is 3. The number of ether oxygens (including phenoxy) is 1. The Morgan fingerprint density at radius 2 is 1.83 bits per heavy atom. The van der Waals surface area contributed by atoms with Gasteiger partial charge in [0.05, 0.1) is 20.1 Å². The number of rotatable bonds is 17. The maximum absolute atomic E-state index is 12.9. The predicted molar refractivity (Wildman–Crippen MR) is 185 cm³/mol. The van der Waals surface area contributed by atoms with Gasteiger partial charge in [-0.05, 0) is 60.6 Å². The fourth-order valence-corrected chi connectivity index (χ4v) is 7.74. The third-order valence-electron chi connectivity index (χ3n) is 10.3. The van der Waals surface area contributed by atoms with Crippen LogP contribution in [0.3, 0.4) is 0 Å². The van der Waals surface area contributed by atoms with Crippen molar-refractivity contribution in [2.45, 2.75) is 102 Å². The van der Waals surface area contributed by atoms with Crippen molar-refractivity contribution >= 4 is 23.5 Å². The number of nitrogen functional groups attached to an aromatic ring is 1. The standard InChI is InChI=1S/C39H51N3O5/c1-47-35-23-28(15-16-31(45)24-30(44)14-8-3-2-5-10-27-11-6-4-7-12-27)22-34(37(35)46)36-32-18-21-42-38(40)33(32)17-19-39(36,26-43)25-29-13-9-20-41-29/h9,13,17-23,27,36,41,43,46H,2-8,10-12,14-16,24-26H2,1H3,(H2,40,42)/t36-,39-/m1/s1. The largest absolute Gasteiger partial charge is 0.504 e. The topological polar surface area (TPSA) is 139 Å². The first kappa shape index (κ1) is 34.4. The Labute approximate surface area is 278 Å². The Kier molecular flexibility index (Phi) is 11.9. The SMILES string of the molecule is COc1cc(CCC(=O)CC(=O)CCCCCCC2CCCCC2)cc([C@H]2c3ccnc(N)c3C=C[C@]2(CO)Cc2ccc[nH]2)c1O. The number of anilines is 1. The number of phenols is 1. The van der Waals surface area contributed by atoms with E-state index in [-0.39, 0.29) is 42.5 Å². The molecule has 0 unspecified atom stereocenters. The summed E-state index contributed by atoms with van der Waals surface area (Å²) in [4.78, 5) is 33.0. The molecule has 2 heterocycles. The van der Waals surface area contributed by atoms with Crippen LogP contribution in [0.2, 0.25) is 0 Å². The third-order valence-corrected chi connectivity index (χ3v) is 10.3. The van der Waals surface area contributed by atoms with Crippen LogP contribution < -0.4 is 10.5 Å². The molecule has 2 aromatic heterocycles. The van der Waals surface area contributed by atoms with Crippen LogP contribution >= 0.6 is 0 Å². The monoisotopic (exact) mass is 641 g/mol. The first-order valence-corrected chi connectivity index (χ1v) is 17.4. The van der Waals surface area contributed by atoms with E-state index in [0.717, 1.165) is 47.6 Å². The van der Waals surface area contributed by atoms with Gasteiger partial charge in [-0.2, -0.15) is 0 Å². The minimum atomic E-state index is -0.815. The zero-order chi connectivity index (χ0) is 33.2. The van der Waals surface area contributed by atoms with Crippen LogP contribution in [0.1, 0.15) is 117 Å². The van der Waals surface area contributed by atoms with E-state index in [2.05, 4.69) is 9.97 Å². The number of H-pyrrole nitrogens is 1. The number of aliphatic hydroxyl groups is 1. The van der Waals surface area contributed by atoms with Gasteiger partial charge in [-0.25, -0.2) is 4.98 Å². The van der Waals surface area contributed by atoms with Gasteiger partial charge in [0.15, 0.2) is 11.5 Å². The number of carbonyl (C=O) groups excluding carboxylic acids is 2. The second kappa shape index (κ2) is 16.3. The number of aromatic hydroxyl groups is 1. The predicted octanol–water partition coefficient (Wildman–Crippen LogP) is 7.47. The van der Waals surface area contributed by atoms with Crippen LogP contribution in [0.15, 0.2) is 48.8 Å². The van der Waals surface area contributed by atoms with Gasteiger partial charge < -0.3 is 25.7 Å². The Bertz CT molecular complexity index is 1530. The number of Topliss-reactive ketones (excluding diaryl/α,β-unsaturated/α-hetero) is 2. The molecule has 8 heteroatoms. The molecule has 0 radical (unpaired) electrons.